The fourth-order valence-corrected chi connectivity index (χ4v) is 1.70. The predicted octanol–water partition coefficient (Wildman–Crippen LogP) is 0.533. The highest BCUT2D eigenvalue weighted by Crippen LogP contribution is 2.13. The zero-order valence-electron chi connectivity index (χ0n) is 11.7. The molecule has 0 bridgehead atoms. The number of hydrogen-bond donors (Lipinski definition) is 3. The molecule has 7 heteroatoms. The van der Waals surface area contributed by atoms with Crippen LogP contribution >= 0.6 is 0 Å². The minimum absolute atomic E-state index is 0.00953. The van der Waals surface area contributed by atoms with Crippen LogP contribution in [0.3, 0.4) is 0 Å². The molecule has 0 fully saturated rings. The molecule has 7 nitrogen and oxygen atoms in total. The molecule has 21 heavy (non-hydrogen) atoms. The minimum Gasteiger partial charge on any atom is -0.480 e. The number of aliphatic carboxylic acids is 1. The Balaban J connectivity index is 2.65. The van der Waals surface area contributed by atoms with Crippen molar-refractivity contribution in [2.75, 3.05) is 12.4 Å². The number of carbonyl (C=O) groups is 3. The van der Waals surface area contributed by atoms with Crippen LogP contribution in [0.25, 0.3) is 0 Å². The number of carboxylic acid groups (broad SMARTS) is 1. The van der Waals surface area contributed by atoms with Crippen molar-refractivity contribution in [3.63, 3.8) is 0 Å². The number of methoxy groups -OCH3 is 1. The number of esters is 1. The fraction of sp³-hybridized carbons (Fsp3) is 0.357. The second-order valence-electron chi connectivity index (χ2n) is 4.49. The largest absolute Gasteiger partial charge is 0.480 e. The van der Waals surface area contributed by atoms with E-state index in [0.717, 1.165) is 5.56 Å². The smallest absolute Gasteiger partial charge is 0.326 e. The van der Waals surface area contributed by atoms with Gasteiger partial charge in [0.25, 0.3) is 0 Å². The van der Waals surface area contributed by atoms with E-state index < -0.39 is 17.9 Å². The van der Waals surface area contributed by atoms with Gasteiger partial charge in [0, 0.05) is 12.1 Å². The first-order valence-electron chi connectivity index (χ1n) is 6.35. The first kappa shape index (κ1) is 16.5. The van der Waals surface area contributed by atoms with Crippen LogP contribution in [0.2, 0.25) is 0 Å². The van der Waals surface area contributed by atoms with Gasteiger partial charge in [-0.3, -0.25) is 9.59 Å². The predicted molar refractivity (Wildman–Crippen MR) is 75.6 cm³/mol. The lowest BCUT2D eigenvalue weighted by Gasteiger charge is -2.15. The molecule has 0 aliphatic rings. The van der Waals surface area contributed by atoms with E-state index in [4.69, 9.17) is 10.8 Å². The van der Waals surface area contributed by atoms with Gasteiger partial charge < -0.3 is 20.9 Å². The van der Waals surface area contributed by atoms with Gasteiger partial charge >= 0.3 is 11.9 Å². The Kier molecular flexibility index (Phi) is 6.19. The van der Waals surface area contributed by atoms with Gasteiger partial charge in [0.1, 0.15) is 6.04 Å². The van der Waals surface area contributed by atoms with Crippen molar-refractivity contribution in [3.05, 3.63) is 29.8 Å². The third-order valence-corrected chi connectivity index (χ3v) is 2.85. The van der Waals surface area contributed by atoms with Gasteiger partial charge in [0.05, 0.1) is 13.5 Å². The molecule has 0 aliphatic carbocycles. The van der Waals surface area contributed by atoms with Gasteiger partial charge in [-0.15, -0.1) is 0 Å². The van der Waals surface area contributed by atoms with Crippen LogP contribution in [0.15, 0.2) is 24.3 Å². The van der Waals surface area contributed by atoms with E-state index in [1.165, 1.54) is 7.11 Å². The van der Waals surface area contributed by atoms with E-state index in [1.807, 2.05) is 0 Å². The number of ether oxygens (including phenoxy) is 1. The van der Waals surface area contributed by atoms with Gasteiger partial charge in [0.2, 0.25) is 5.91 Å². The summed E-state index contributed by atoms with van der Waals surface area (Å²) in [7, 11) is 1.31. The number of anilines is 1. The van der Waals surface area contributed by atoms with Crippen molar-refractivity contribution in [2.45, 2.75) is 25.3 Å². The molecule has 0 spiro atoms. The van der Waals surface area contributed by atoms with Gasteiger partial charge in [-0.05, 0) is 24.1 Å². The molecule has 1 atom stereocenters. The second-order valence-corrected chi connectivity index (χ2v) is 4.49. The SMILES string of the molecule is COC(=O)Cc1ccc(N[C@@H](CCC(N)=O)C(=O)O)cc1. The highest BCUT2D eigenvalue weighted by Gasteiger charge is 2.17. The zero-order chi connectivity index (χ0) is 15.8. The molecule has 0 unspecified atom stereocenters. The number of benzene rings is 1. The standard InChI is InChI=1S/C14H18N2O5/c1-21-13(18)8-9-2-4-10(5-3-9)16-11(14(19)20)6-7-12(15)17/h2-5,11,16H,6-8H2,1H3,(H2,15,17)(H,19,20)/t11-/m0/s1. The number of carbonyl (C=O) groups excluding carboxylic acids is 2. The number of rotatable bonds is 8. The molecule has 4 N–H and O–H groups in total. The second kappa shape index (κ2) is 7.88. The van der Waals surface area contributed by atoms with Crippen molar-refractivity contribution in [1.82, 2.24) is 0 Å². The molecule has 0 saturated carbocycles. The Bertz CT molecular complexity index is 513. The van der Waals surface area contributed by atoms with Crippen molar-refractivity contribution in [1.29, 1.82) is 0 Å². The lowest BCUT2D eigenvalue weighted by molar-refractivity contribution is -0.140. The maximum atomic E-state index is 11.1. The Morgan fingerprint density at radius 1 is 1.29 bits per heavy atom. The van der Waals surface area contributed by atoms with E-state index in [1.54, 1.807) is 24.3 Å². The maximum Gasteiger partial charge on any atom is 0.326 e. The normalized spacial score (nSPS) is 11.5. The van der Waals surface area contributed by atoms with Crippen LogP contribution in [-0.4, -0.2) is 36.1 Å². The summed E-state index contributed by atoms with van der Waals surface area (Å²) in [6.07, 6.45) is 0.250. The number of carboxylic acids is 1. The number of amides is 1. The Morgan fingerprint density at radius 2 is 1.90 bits per heavy atom. The molecule has 1 aromatic carbocycles. The minimum atomic E-state index is -1.06. The van der Waals surface area contributed by atoms with Crippen molar-refractivity contribution in [2.24, 2.45) is 5.73 Å². The molecule has 114 valence electrons. The lowest BCUT2D eigenvalue weighted by Crippen LogP contribution is -2.30. The third-order valence-electron chi connectivity index (χ3n) is 2.85. The average molecular weight is 294 g/mol. The van der Waals surface area contributed by atoms with E-state index in [2.05, 4.69) is 10.1 Å². The van der Waals surface area contributed by atoms with Crippen LogP contribution in [-0.2, 0) is 25.5 Å². The number of nitrogens with two attached hydrogens (primary N) is 1. The van der Waals surface area contributed by atoms with Crippen molar-refractivity contribution < 1.29 is 24.2 Å². The summed E-state index contributed by atoms with van der Waals surface area (Å²) < 4.78 is 4.56. The Morgan fingerprint density at radius 3 is 2.38 bits per heavy atom. The zero-order valence-corrected chi connectivity index (χ0v) is 11.7. The Hall–Kier alpha value is -2.57. The van der Waals surface area contributed by atoms with Crippen molar-refractivity contribution >= 4 is 23.5 Å². The van der Waals surface area contributed by atoms with E-state index in [0.29, 0.717) is 5.69 Å². The summed E-state index contributed by atoms with van der Waals surface area (Å²) in [5.74, 6) is -1.95. The lowest BCUT2D eigenvalue weighted by atomic mass is 10.1. The molecule has 0 heterocycles. The summed E-state index contributed by atoms with van der Waals surface area (Å²) in [5.41, 5.74) is 6.35. The van der Waals surface area contributed by atoms with Crippen molar-refractivity contribution in [3.8, 4) is 0 Å². The van der Waals surface area contributed by atoms with Gasteiger partial charge in [0.15, 0.2) is 0 Å². The van der Waals surface area contributed by atoms with Crippen LogP contribution in [0.5, 0.6) is 0 Å². The van der Waals surface area contributed by atoms with Crippen LogP contribution in [0.4, 0.5) is 5.69 Å². The monoisotopic (exact) mass is 294 g/mol. The molecule has 1 rings (SSSR count). The summed E-state index contributed by atoms with van der Waals surface area (Å²) in [6.45, 7) is 0. The molecule has 0 radical (unpaired) electrons. The molecule has 1 aromatic rings. The van der Waals surface area contributed by atoms with Gasteiger partial charge in [-0.1, -0.05) is 12.1 Å². The van der Waals surface area contributed by atoms with E-state index >= 15 is 0 Å². The van der Waals surface area contributed by atoms with Crippen LogP contribution in [0.1, 0.15) is 18.4 Å². The number of nitrogens with one attached hydrogen (secondary N) is 1. The first-order valence-corrected chi connectivity index (χ1v) is 6.35. The maximum absolute atomic E-state index is 11.1. The first-order chi connectivity index (χ1) is 9.92. The summed E-state index contributed by atoms with van der Waals surface area (Å²) in [6, 6.07) is 5.83. The summed E-state index contributed by atoms with van der Waals surface area (Å²) in [5, 5.41) is 11.9. The van der Waals surface area contributed by atoms with Gasteiger partial charge in [-0.2, -0.15) is 0 Å². The molecule has 1 amide bonds. The fourth-order valence-electron chi connectivity index (χ4n) is 1.70. The number of hydrogen-bond acceptors (Lipinski definition) is 5. The third kappa shape index (κ3) is 5.94. The van der Waals surface area contributed by atoms with E-state index in [9.17, 15) is 14.4 Å². The molecular formula is C14H18N2O5. The topological polar surface area (TPSA) is 119 Å². The number of primary amides is 1. The molecule has 0 aromatic heterocycles. The summed E-state index contributed by atoms with van der Waals surface area (Å²) >= 11 is 0. The quantitative estimate of drug-likeness (QED) is 0.602. The average Bonchev–Trinajstić information content (AvgIpc) is 2.44. The highest BCUT2D eigenvalue weighted by molar-refractivity contribution is 5.79. The molecule has 0 saturated heterocycles. The highest BCUT2D eigenvalue weighted by atomic mass is 16.5. The van der Waals surface area contributed by atoms with Gasteiger partial charge in [-0.25, -0.2) is 4.79 Å². The van der Waals surface area contributed by atoms with Crippen LogP contribution < -0.4 is 11.1 Å². The molecular weight excluding hydrogens is 276 g/mol. The van der Waals surface area contributed by atoms with Crippen LogP contribution in [0, 0.1) is 0 Å². The summed E-state index contributed by atoms with van der Waals surface area (Å²) in [4.78, 5) is 32.9. The van der Waals surface area contributed by atoms with E-state index in [-0.39, 0.29) is 25.2 Å². The Labute approximate surface area is 122 Å². The molecule has 0 aliphatic heterocycles.